The number of aliphatic hydroxyl groups excluding tert-OH is 1. The number of benzene rings is 1. The van der Waals surface area contributed by atoms with E-state index in [1.165, 1.54) is 23.1 Å². The average Bonchev–Trinajstić information content (AvgIpc) is 2.97. The molecule has 25 heavy (non-hydrogen) atoms. The molecule has 1 amide bonds. The fourth-order valence-corrected chi connectivity index (χ4v) is 3.74. The lowest BCUT2D eigenvalue weighted by Crippen LogP contribution is -2.34. The summed E-state index contributed by atoms with van der Waals surface area (Å²) in [5, 5.41) is 9.98. The van der Waals surface area contributed by atoms with Crippen LogP contribution in [-0.2, 0) is 15.7 Å². The van der Waals surface area contributed by atoms with Crippen molar-refractivity contribution in [1.29, 1.82) is 0 Å². The van der Waals surface area contributed by atoms with Gasteiger partial charge in [-0.15, -0.1) is 0 Å². The van der Waals surface area contributed by atoms with E-state index in [2.05, 4.69) is 0 Å². The zero-order chi connectivity index (χ0) is 18.0. The Hall–Kier alpha value is -1.60. The smallest absolute Gasteiger partial charge is 0.391 e. The highest BCUT2D eigenvalue weighted by molar-refractivity contribution is 5.77. The van der Waals surface area contributed by atoms with Crippen molar-refractivity contribution in [2.45, 2.75) is 44.0 Å². The Kier molecular flexibility index (Phi) is 5.34. The number of ether oxygens (including phenoxy) is 1. The van der Waals surface area contributed by atoms with Gasteiger partial charge in [-0.1, -0.05) is 18.2 Å². The van der Waals surface area contributed by atoms with E-state index in [4.69, 9.17) is 4.74 Å². The SMILES string of the molecule is O=C(CC1CCOCC1)N1C[C@@H](O)C[C@@H]1c1ccccc1C(F)(F)F. The number of amides is 1. The van der Waals surface area contributed by atoms with Crippen molar-refractivity contribution in [3.05, 3.63) is 35.4 Å². The van der Waals surface area contributed by atoms with Crippen LogP contribution in [0.5, 0.6) is 0 Å². The fraction of sp³-hybridized carbons (Fsp3) is 0.611. The monoisotopic (exact) mass is 357 g/mol. The zero-order valence-corrected chi connectivity index (χ0v) is 13.8. The van der Waals surface area contributed by atoms with Gasteiger partial charge in [-0.2, -0.15) is 13.2 Å². The number of β-amino-alcohol motifs (C(OH)–C–C–N with tert-alkyl or cyclic N) is 1. The summed E-state index contributed by atoms with van der Waals surface area (Å²) in [5.74, 6) is 0.00271. The van der Waals surface area contributed by atoms with E-state index < -0.39 is 23.9 Å². The normalized spacial score (nSPS) is 25.4. The molecule has 2 atom stereocenters. The van der Waals surface area contributed by atoms with E-state index in [9.17, 15) is 23.1 Å². The molecule has 2 fully saturated rings. The molecule has 0 unspecified atom stereocenters. The lowest BCUT2D eigenvalue weighted by Gasteiger charge is -2.29. The second-order valence-corrected chi connectivity index (χ2v) is 6.80. The molecule has 1 aromatic rings. The molecule has 0 aliphatic carbocycles. The maximum atomic E-state index is 13.3. The predicted octanol–water partition coefficient (Wildman–Crippen LogP) is 3.16. The van der Waals surface area contributed by atoms with Gasteiger partial charge < -0.3 is 14.7 Å². The van der Waals surface area contributed by atoms with Gasteiger partial charge in [0.15, 0.2) is 0 Å². The Morgan fingerprint density at radius 1 is 1.24 bits per heavy atom. The molecular weight excluding hydrogens is 335 g/mol. The molecule has 138 valence electrons. The number of hydrogen-bond donors (Lipinski definition) is 1. The van der Waals surface area contributed by atoms with Crippen molar-refractivity contribution in [1.82, 2.24) is 4.90 Å². The van der Waals surface area contributed by atoms with E-state index in [0.717, 1.165) is 18.9 Å². The Morgan fingerprint density at radius 3 is 2.60 bits per heavy atom. The van der Waals surface area contributed by atoms with Crippen LogP contribution in [0.1, 0.15) is 42.9 Å². The number of alkyl halides is 3. The quantitative estimate of drug-likeness (QED) is 0.904. The van der Waals surface area contributed by atoms with Crippen LogP contribution >= 0.6 is 0 Å². The summed E-state index contributed by atoms with van der Waals surface area (Å²) in [5.41, 5.74) is -0.676. The number of halogens is 3. The Balaban J connectivity index is 1.81. The molecule has 1 aromatic carbocycles. The minimum atomic E-state index is -4.49. The minimum absolute atomic E-state index is 0.0619. The van der Waals surface area contributed by atoms with Crippen molar-refractivity contribution < 1.29 is 27.8 Å². The third kappa shape index (κ3) is 4.15. The first-order valence-corrected chi connectivity index (χ1v) is 8.57. The molecule has 7 heteroatoms. The average molecular weight is 357 g/mol. The van der Waals surface area contributed by atoms with Crippen molar-refractivity contribution in [2.24, 2.45) is 5.92 Å². The summed E-state index contributed by atoms with van der Waals surface area (Å²) in [7, 11) is 0. The third-order valence-electron chi connectivity index (χ3n) is 5.03. The van der Waals surface area contributed by atoms with Crippen molar-refractivity contribution in [3.8, 4) is 0 Å². The number of carbonyl (C=O) groups excluding carboxylic acids is 1. The van der Waals surface area contributed by atoms with Crippen LogP contribution in [0.3, 0.4) is 0 Å². The molecule has 0 saturated carbocycles. The summed E-state index contributed by atoms with van der Waals surface area (Å²) in [4.78, 5) is 14.1. The number of rotatable bonds is 3. The predicted molar refractivity (Wildman–Crippen MR) is 84.7 cm³/mol. The van der Waals surface area contributed by atoms with Crippen LogP contribution in [0, 0.1) is 5.92 Å². The fourth-order valence-electron chi connectivity index (χ4n) is 3.74. The second-order valence-electron chi connectivity index (χ2n) is 6.80. The lowest BCUT2D eigenvalue weighted by molar-refractivity contribution is -0.140. The molecule has 0 radical (unpaired) electrons. The van der Waals surface area contributed by atoms with Crippen molar-refractivity contribution in [2.75, 3.05) is 19.8 Å². The number of hydrogen-bond acceptors (Lipinski definition) is 3. The Morgan fingerprint density at radius 2 is 1.92 bits per heavy atom. The van der Waals surface area contributed by atoms with E-state index in [-0.39, 0.29) is 30.4 Å². The first-order valence-electron chi connectivity index (χ1n) is 8.57. The van der Waals surface area contributed by atoms with Gasteiger partial charge in [0, 0.05) is 26.2 Å². The van der Waals surface area contributed by atoms with Gasteiger partial charge in [0.1, 0.15) is 0 Å². The molecule has 2 heterocycles. The van der Waals surface area contributed by atoms with E-state index >= 15 is 0 Å². The zero-order valence-electron chi connectivity index (χ0n) is 13.8. The summed E-state index contributed by atoms with van der Waals surface area (Å²) < 4.78 is 45.2. The van der Waals surface area contributed by atoms with Gasteiger partial charge >= 0.3 is 6.18 Å². The first kappa shape index (κ1) is 18.2. The van der Waals surface area contributed by atoms with E-state index in [1.807, 2.05) is 0 Å². The molecular formula is C18H22F3NO3. The molecule has 3 rings (SSSR count). The largest absolute Gasteiger partial charge is 0.416 e. The van der Waals surface area contributed by atoms with Gasteiger partial charge in [-0.3, -0.25) is 4.79 Å². The Bertz CT molecular complexity index is 614. The van der Waals surface area contributed by atoms with E-state index in [1.54, 1.807) is 0 Å². The topological polar surface area (TPSA) is 49.8 Å². The second kappa shape index (κ2) is 7.33. The molecule has 1 N–H and O–H groups in total. The number of nitrogens with zero attached hydrogens (tertiary/aromatic N) is 1. The van der Waals surface area contributed by atoms with Crippen LogP contribution < -0.4 is 0 Å². The van der Waals surface area contributed by atoms with Crippen LogP contribution in [0.25, 0.3) is 0 Å². The summed E-state index contributed by atoms with van der Waals surface area (Å²) >= 11 is 0. The molecule has 2 saturated heterocycles. The van der Waals surface area contributed by atoms with Gasteiger partial charge in [-0.05, 0) is 36.8 Å². The minimum Gasteiger partial charge on any atom is -0.391 e. The number of carbonyl (C=O) groups is 1. The van der Waals surface area contributed by atoms with E-state index in [0.29, 0.717) is 19.6 Å². The highest BCUT2D eigenvalue weighted by Gasteiger charge is 2.41. The van der Waals surface area contributed by atoms with Gasteiger partial charge in [-0.25, -0.2) is 0 Å². The summed E-state index contributed by atoms with van der Waals surface area (Å²) in [6, 6.07) is 4.57. The summed E-state index contributed by atoms with van der Waals surface area (Å²) in [6.07, 6.45) is -3.30. The molecule has 2 aliphatic heterocycles. The van der Waals surface area contributed by atoms with Crippen LogP contribution in [0.2, 0.25) is 0 Å². The van der Waals surface area contributed by atoms with Crippen LogP contribution in [0.15, 0.2) is 24.3 Å². The molecule has 0 spiro atoms. The maximum Gasteiger partial charge on any atom is 0.416 e. The number of likely N-dealkylation sites (tertiary alicyclic amines) is 1. The lowest BCUT2D eigenvalue weighted by atomic mass is 9.94. The maximum absolute atomic E-state index is 13.3. The molecule has 0 bridgehead atoms. The van der Waals surface area contributed by atoms with Crippen molar-refractivity contribution in [3.63, 3.8) is 0 Å². The first-order chi connectivity index (χ1) is 11.9. The highest BCUT2D eigenvalue weighted by atomic mass is 19.4. The van der Waals surface area contributed by atoms with Gasteiger partial charge in [0.25, 0.3) is 0 Å². The van der Waals surface area contributed by atoms with Crippen LogP contribution in [0.4, 0.5) is 13.2 Å². The highest BCUT2D eigenvalue weighted by Crippen LogP contribution is 2.41. The van der Waals surface area contributed by atoms with Crippen molar-refractivity contribution >= 4 is 5.91 Å². The Labute approximate surface area is 144 Å². The standard InChI is InChI=1S/C18H22F3NO3/c19-18(20,21)15-4-2-1-3-14(15)16-10-13(23)11-22(16)17(24)9-12-5-7-25-8-6-12/h1-4,12-13,16,23H,5-11H2/t13-,16+/m0/s1. The summed E-state index contributed by atoms with van der Waals surface area (Å²) in [6.45, 7) is 1.31. The van der Waals surface area contributed by atoms with Gasteiger partial charge in [0.05, 0.1) is 17.7 Å². The van der Waals surface area contributed by atoms with Gasteiger partial charge in [0.2, 0.25) is 5.91 Å². The third-order valence-corrected chi connectivity index (χ3v) is 5.03. The van der Waals surface area contributed by atoms with Crippen LogP contribution in [-0.4, -0.2) is 41.8 Å². The molecule has 0 aromatic heterocycles. The molecule has 4 nitrogen and oxygen atoms in total. The molecule has 2 aliphatic rings. The number of aliphatic hydroxyl groups is 1.